The lowest BCUT2D eigenvalue weighted by Gasteiger charge is -2.09. The predicted molar refractivity (Wildman–Crippen MR) is 74.1 cm³/mol. The normalized spacial score (nSPS) is 10.2. The number of benzene rings is 1. The molecule has 0 aliphatic carbocycles. The van der Waals surface area contributed by atoms with E-state index in [1.54, 1.807) is 0 Å². The Bertz CT molecular complexity index is 599. The van der Waals surface area contributed by atoms with Crippen molar-refractivity contribution in [2.75, 3.05) is 5.73 Å². The van der Waals surface area contributed by atoms with Gasteiger partial charge in [0.1, 0.15) is 18.0 Å². The molecule has 19 heavy (non-hydrogen) atoms. The van der Waals surface area contributed by atoms with E-state index in [0.29, 0.717) is 0 Å². The first kappa shape index (κ1) is 13.4. The molecule has 1 heterocycles. The average molecular weight is 323 g/mol. The Kier molecular flexibility index (Phi) is 4.01. The van der Waals surface area contributed by atoms with Crippen LogP contribution in [-0.4, -0.2) is 16.1 Å². The fourth-order valence-corrected chi connectivity index (χ4v) is 1.75. The van der Waals surface area contributed by atoms with Crippen molar-refractivity contribution in [1.82, 2.24) is 4.98 Å². The van der Waals surface area contributed by atoms with Gasteiger partial charge < -0.3 is 15.6 Å². The van der Waals surface area contributed by atoms with Gasteiger partial charge in [-0.15, -0.1) is 0 Å². The Morgan fingerprint density at radius 3 is 2.68 bits per heavy atom. The summed E-state index contributed by atoms with van der Waals surface area (Å²) in [6.07, 6.45) is 1.32. The number of hydrogen-bond acceptors (Lipinski definition) is 4. The molecule has 6 heteroatoms. The van der Waals surface area contributed by atoms with Crippen LogP contribution >= 0.6 is 15.9 Å². The van der Waals surface area contributed by atoms with E-state index in [4.69, 9.17) is 15.6 Å². The summed E-state index contributed by atoms with van der Waals surface area (Å²) in [6, 6.07) is 8.82. The van der Waals surface area contributed by atoms with E-state index in [2.05, 4.69) is 20.9 Å². The topological polar surface area (TPSA) is 85.4 Å². The highest BCUT2D eigenvalue weighted by Crippen LogP contribution is 2.21. The number of halogens is 1. The second-order valence-corrected chi connectivity index (χ2v) is 4.74. The second-order valence-electron chi connectivity index (χ2n) is 3.83. The van der Waals surface area contributed by atoms with Gasteiger partial charge in [-0.2, -0.15) is 0 Å². The molecule has 0 aliphatic rings. The number of carboxylic acids is 1. The molecule has 0 spiro atoms. The molecule has 0 fully saturated rings. The number of aromatic nitrogens is 1. The quantitative estimate of drug-likeness (QED) is 0.903. The second kappa shape index (κ2) is 5.71. The van der Waals surface area contributed by atoms with Crippen LogP contribution in [0.3, 0.4) is 0 Å². The van der Waals surface area contributed by atoms with Crippen molar-refractivity contribution in [2.24, 2.45) is 0 Å². The number of nitrogen functional groups attached to an aromatic ring is 1. The summed E-state index contributed by atoms with van der Waals surface area (Å²) >= 11 is 3.34. The minimum atomic E-state index is -1.10. The van der Waals surface area contributed by atoms with Gasteiger partial charge in [0, 0.05) is 4.47 Å². The molecule has 0 saturated heterocycles. The van der Waals surface area contributed by atoms with Gasteiger partial charge in [0.05, 0.1) is 6.20 Å². The third kappa shape index (κ3) is 3.45. The fraction of sp³-hybridized carbons (Fsp3) is 0.0769. The lowest BCUT2D eigenvalue weighted by atomic mass is 10.2. The first-order valence-electron chi connectivity index (χ1n) is 5.42. The fourth-order valence-electron chi connectivity index (χ4n) is 1.48. The molecular formula is C13H11BrN2O3. The van der Waals surface area contributed by atoms with Gasteiger partial charge in [-0.3, -0.25) is 0 Å². The number of nitrogens with two attached hydrogens (primary N) is 1. The lowest BCUT2D eigenvalue weighted by molar-refractivity contribution is 0.0691. The number of aromatic carboxylic acids is 1. The molecule has 0 atom stereocenters. The molecule has 2 rings (SSSR count). The average Bonchev–Trinajstić information content (AvgIpc) is 2.39. The SMILES string of the molecule is Nc1cc(C(=O)O)c(OCc2ccc(Br)cc2)cn1. The monoisotopic (exact) mass is 322 g/mol. The minimum absolute atomic E-state index is 0.00427. The largest absolute Gasteiger partial charge is 0.486 e. The van der Waals surface area contributed by atoms with Gasteiger partial charge in [-0.25, -0.2) is 9.78 Å². The molecule has 1 aromatic heterocycles. The zero-order chi connectivity index (χ0) is 13.8. The summed E-state index contributed by atoms with van der Waals surface area (Å²) in [4.78, 5) is 14.9. The number of pyridine rings is 1. The van der Waals surface area contributed by atoms with E-state index >= 15 is 0 Å². The van der Waals surface area contributed by atoms with Gasteiger partial charge in [-0.1, -0.05) is 28.1 Å². The molecule has 1 aromatic carbocycles. The van der Waals surface area contributed by atoms with Crippen molar-refractivity contribution < 1.29 is 14.6 Å². The molecule has 0 amide bonds. The van der Waals surface area contributed by atoms with Gasteiger partial charge in [-0.05, 0) is 23.8 Å². The summed E-state index contributed by atoms with van der Waals surface area (Å²) in [5.41, 5.74) is 6.39. The Morgan fingerprint density at radius 2 is 2.05 bits per heavy atom. The van der Waals surface area contributed by atoms with Crippen LogP contribution in [0.5, 0.6) is 5.75 Å². The van der Waals surface area contributed by atoms with Crippen LogP contribution in [0.4, 0.5) is 5.82 Å². The standard InChI is InChI=1S/C13H11BrN2O3/c14-9-3-1-8(2-4-9)7-19-11-6-16-12(15)5-10(11)13(17)18/h1-6H,7H2,(H2,15,16)(H,17,18). The Morgan fingerprint density at radius 1 is 1.37 bits per heavy atom. The maximum absolute atomic E-state index is 11.1. The van der Waals surface area contributed by atoms with Crippen LogP contribution in [0.25, 0.3) is 0 Å². The predicted octanol–water partition coefficient (Wildman–Crippen LogP) is 2.70. The maximum atomic E-state index is 11.1. The Balaban J connectivity index is 2.15. The number of rotatable bonds is 4. The van der Waals surface area contributed by atoms with Gasteiger partial charge in [0.2, 0.25) is 0 Å². The first-order valence-corrected chi connectivity index (χ1v) is 6.21. The van der Waals surface area contributed by atoms with E-state index < -0.39 is 5.97 Å². The zero-order valence-corrected chi connectivity index (χ0v) is 11.4. The van der Waals surface area contributed by atoms with Crippen molar-refractivity contribution in [3.63, 3.8) is 0 Å². The molecular weight excluding hydrogens is 312 g/mol. The number of anilines is 1. The van der Waals surface area contributed by atoms with Crippen molar-refractivity contribution in [3.05, 3.63) is 52.1 Å². The number of carbonyl (C=O) groups is 1. The highest BCUT2D eigenvalue weighted by atomic mass is 79.9. The van der Waals surface area contributed by atoms with Crippen LogP contribution in [0.2, 0.25) is 0 Å². The molecule has 3 N–H and O–H groups in total. The lowest BCUT2D eigenvalue weighted by Crippen LogP contribution is -2.05. The summed E-state index contributed by atoms with van der Waals surface area (Å²) < 4.78 is 6.43. The van der Waals surface area contributed by atoms with E-state index in [-0.39, 0.29) is 23.7 Å². The summed E-state index contributed by atoms with van der Waals surface area (Å²) in [7, 11) is 0. The Labute approximate surface area is 118 Å². The molecule has 98 valence electrons. The van der Waals surface area contributed by atoms with Crippen LogP contribution in [0, 0.1) is 0 Å². The van der Waals surface area contributed by atoms with Crippen molar-refractivity contribution in [1.29, 1.82) is 0 Å². The number of nitrogens with zero attached hydrogens (tertiary/aromatic N) is 1. The van der Waals surface area contributed by atoms with E-state index in [1.807, 2.05) is 24.3 Å². The molecule has 0 saturated carbocycles. The van der Waals surface area contributed by atoms with Crippen molar-refractivity contribution >= 4 is 27.7 Å². The summed E-state index contributed by atoms with van der Waals surface area (Å²) in [5, 5.41) is 9.05. The third-order valence-electron chi connectivity index (χ3n) is 2.43. The summed E-state index contributed by atoms with van der Waals surface area (Å²) in [5.74, 6) is -0.752. The molecule has 0 bridgehead atoms. The Hall–Kier alpha value is -2.08. The van der Waals surface area contributed by atoms with Crippen LogP contribution in [0.15, 0.2) is 41.0 Å². The van der Waals surface area contributed by atoms with Crippen molar-refractivity contribution in [2.45, 2.75) is 6.61 Å². The summed E-state index contributed by atoms with van der Waals surface area (Å²) in [6.45, 7) is 0.263. The van der Waals surface area contributed by atoms with E-state index in [9.17, 15) is 4.79 Å². The van der Waals surface area contributed by atoms with Gasteiger partial charge in [0.25, 0.3) is 0 Å². The van der Waals surface area contributed by atoms with E-state index in [0.717, 1.165) is 10.0 Å². The number of ether oxygens (including phenoxy) is 1. The molecule has 0 radical (unpaired) electrons. The molecule has 0 unspecified atom stereocenters. The van der Waals surface area contributed by atoms with Crippen LogP contribution in [-0.2, 0) is 6.61 Å². The van der Waals surface area contributed by atoms with Gasteiger partial charge >= 0.3 is 5.97 Å². The van der Waals surface area contributed by atoms with Crippen molar-refractivity contribution in [3.8, 4) is 5.75 Å². The van der Waals surface area contributed by atoms with E-state index in [1.165, 1.54) is 12.3 Å². The zero-order valence-electron chi connectivity index (χ0n) is 9.84. The third-order valence-corrected chi connectivity index (χ3v) is 2.96. The van der Waals surface area contributed by atoms with Crippen LogP contribution in [0.1, 0.15) is 15.9 Å². The minimum Gasteiger partial charge on any atom is -0.486 e. The number of carboxylic acid groups (broad SMARTS) is 1. The first-order chi connectivity index (χ1) is 9.06. The number of hydrogen-bond donors (Lipinski definition) is 2. The van der Waals surface area contributed by atoms with Gasteiger partial charge in [0.15, 0.2) is 5.75 Å². The van der Waals surface area contributed by atoms with Crippen LogP contribution < -0.4 is 10.5 Å². The highest BCUT2D eigenvalue weighted by Gasteiger charge is 2.12. The molecule has 2 aromatic rings. The molecule has 5 nitrogen and oxygen atoms in total. The molecule has 0 aliphatic heterocycles. The smallest absolute Gasteiger partial charge is 0.339 e. The highest BCUT2D eigenvalue weighted by molar-refractivity contribution is 9.10. The maximum Gasteiger partial charge on any atom is 0.339 e.